The molecule has 0 aliphatic carbocycles. The van der Waals surface area contributed by atoms with E-state index in [1.54, 1.807) is 24.3 Å². The second kappa shape index (κ2) is 11.9. The van der Waals surface area contributed by atoms with E-state index in [1.165, 1.54) is 34.9 Å². The maximum absolute atomic E-state index is 12.4. The topological polar surface area (TPSA) is 101 Å². The molecule has 0 bridgehead atoms. The number of benzene rings is 1. The van der Waals surface area contributed by atoms with Gasteiger partial charge in [0.1, 0.15) is 0 Å². The van der Waals surface area contributed by atoms with Crippen molar-refractivity contribution in [2.45, 2.75) is 35.9 Å². The highest BCUT2D eigenvalue weighted by atomic mass is 32.2. The molecule has 7 nitrogen and oxygen atoms in total. The zero-order valence-corrected chi connectivity index (χ0v) is 19.0. The maximum atomic E-state index is 12.4. The molecule has 1 heterocycles. The van der Waals surface area contributed by atoms with Gasteiger partial charge in [0.2, 0.25) is 11.8 Å². The van der Waals surface area contributed by atoms with Crippen molar-refractivity contribution in [1.29, 1.82) is 0 Å². The first kappa shape index (κ1) is 23.4. The molecule has 1 aromatic heterocycles. The Hall–Kier alpha value is -1.91. The summed E-state index contributed by atoms with van der Waals surface area (Å²) in [5.74, 6) is 0.330. The number of nitrogens with zero attached hydrogens (tertiary/aromatic N) is 2. The fourth-order valence-corrected chi connectivity index (χ4v) is 4.74. The van der Waals surface area contributed by atoms with E-state index in [0.29, 0.717) is 32.2 Å². The number of nitrogens with one attached hydrogen (secondary N) is 2. The van der Waals surface area contributed by atoms with E-state index in [0.717, 1.165) is 6.42 Å². The molecule has 0 radical (unpaired) electrons. The number of rotatable bonds is 11. The van der Waals surface area contributed by atoms with Crippen LogP contribution in [0.15, 0.2) is 32.9 Å². The van der Waals surface area contributed by atoms with Gasteiger partial charge in [-0.3, -0.25) is 14.4 Å². The van der Waals surface area contributed by atoms with Crippen LogP contribution >= 0.6 is 34.9 Å². The zero-order valence-electron chi connectivity index (χ0n) is 16.6. The lowest BCUT2D eigenvalue weighted by Crippen LogP contribution is -2.25. The number of carbonyl (C=O) groups is 3. The third-order valence-corrected chi connectivity index (χ3v) is 6.80. The summed E-state index contributed by atoms with van der Waals surface area (Å²) in [7, 11) is 0. The van der Waals surface area contributed by atoms with E-state index >= 15 is 0 Å². The molecule has 0 saturated carbocycles. The number of hydrogen-bond acceptors (Lipinski definition) is 8. The van der Waals surface area contributed by atoms with Crippen molar-refractivity contribution in [3.63, 3.8) is 0 Å². The third-order valence-electron chi connectivity index (χ3n) is 3.61. The molecule has 0 unspecified atom stereocenters. The van der Waals surface area contributed by atoms with E-state index in [4.69, 9.17) is 0 Å². The van der Waals surface area contributed by atoms with E-state index < -0.39 is 0 Å². The number of ketones is 1. The highest BCUT2D eigenvalue weighted by Gasteiger charge is 2.12. The van der Waals surface area contributed by atoms with Crippen LogP contribution in [0.4, 0.5) is 5.69 Å². The van der Waals surface area contributed by atoms with Crippen molar-refractivity contribution in [1.82, 2.24) is 15.5 Å². The lowest BCUT2D eigenvalue weighted by atomic mass is 10.1. The molecule has 2 N–H and O–H groups in total. The van der Waals surface area contributed by atoms with Crippen molar-refractivity contribution >= 4 is 58.1 Å². The lowest BCUT2D eigenvalue weighted by Gasteiger charge is -2.08. The van der Waals surface area contributed by atoms with Crippen LogP contribution in [0.3, 0.4) is 0 Å². The largest absolute Gasteiger partial charge is 0.355 e. The van der Waals surface area contributed by atoms with Gasteiger partial charge < -0.3 is 10.6 Å². The third kappa shape index (κ3) is 8.15. The number of carbonyl (C=O) groups excluding carboxylic acids is 3. The molecule has 0 atom stereocenters. The minimum atomic E-state index is -0.103. The molecular weight excluding hydrogens is 428 g/mol. The summed E-state index contributed by atoms with van der Waals surface area (Å²) in [6, 6.07) is 6.85. The van der Waals surface area contributed by atoms with Crippen molar-refractivity contribution < 1.29 is 14.4 Å². The quantitative estimate of drug-likeness (QED) is 0.396. The number of anilines is 1. The number of aromatic nitrogens is 2. The van der Waals surface area contributed by atoms with E-state index in [-0.39, 0.29) is 29.3 Å². The fourth-order valence-electron chi connectivity index (χ4n) is 1.99. The van der Waals surface area contributed by atoms with E-state index in [9.17, 15) is 14.4 Å². The molecule has 10 heteroatoms. The summed E-state index contributed by atoms with van der Waals surface area (Å²) in [5.41, 5.74) is 1.24. The summed E-state index contributed by atoms with van der Waals surface area (Å²) in [4.78, 5) is 35.7. The molecule has 0 aliphatic rings. The first-order valence-corrected chi connectivity index (χ1v) is 12.0. The van der Waals surface area contributed by atoms with Crippen molar-refractivity contribution in [3.05, 3.63) is 29.8 Å². The van der Waals surface area contributed by atoms with Crippen molar-refractivity contribution in [2.75, 3.05) is 23.4 Å². The molecule has 2 aromatic rings. The first-order valence-electron chi connectivity index (χ1n) is 9.19. The summed E-state index contributed by atoms with van der Waals surface area (Å²) in [6.45, 7) is 6.32. The van der Waals surface area contributed by atoms with Crippen LogP contribution in [0.2, 0.25) is 0 Å². The summed E-state index contributed by atoms with van der Waals surface area (Å²) < 4.78 is 1.40. The standard InChI is InChI=1S/C19H24N4O3S3/c1-4-9-20-16(25)11-28-19-23-22-18(29-19)27-10-15(24)13-5-7-14(8-6-13)21-17(26)12(2)3/h5-8,12H,4,9-11H2,1-3H3,(H,20,25)(H,21,26). The Kier molecular flexibility index (Phi) is 9.62. The van der Waals surface area contributed by atoms with Gasteiger partial charge in [0.15, 0.2) is 14.5 Å². The zero-order chi connectivity index (χ0) is 21.2. The lowest BCUT2D eigenvalue weighted by molar-refractivity contribution is -0.119. The fraction of sp³-hybridized carbons (Fsp3) is 0.421. The normalized spacial score (nSPS) is 10.8. The van der Waals surface area contributed by atoms with Crippen molar-refractivity contribution in [2.24, 2.45) is 5.92 Å². The average Bonchev–Trinajstić information content (AvgIpc) is 3.17. The molecule has 1 aromatic carbocycles. The predicted octanol–water partition coefficient (Wildman–Crippen LogP) is 3.73. The van der Waals surface area contributed by atoms with E-state index in [2.05, 4.69) is 20.8 Å². The second-order valence-electron chi connectivity index (χ2n) is 6.41. The summed E-state index contributed by atoms with van der Waals surface area (Å²) in [5, 5.41) is 13.7. The van der Waals surface area contributed by atoms with Crippen LogP contribution in [0.5, 0.6) is 0 Å². The Labute approximate surface area is 182 Å². The Balaban J connectivity index is 1.79. The maximum Gasteiger partial charge on any atom is 0.230 e. The molecule has 0 spiro atoms. The Morgan fingerprint density at radius 1 is 1.03 bits per heavy atom. The molecular formula is C19H24N4O3S3. The minimum Gasteiger partial charge on any atom is -0.355 e. The van der Waals surface area contributed by atoms with Crippen LogP contribution in [0, 0.1) is 5.92 Å². The average molecular weight is 453 g/mol. The molecule has 0 fully saturated rings. The Morgan fingerprint density at radius 2 is 1.66 bits per heavy atom. The summed E-state index contributed by atoms with van der Waals surface area (Å²) >= 11 is 4.03. The monoisotopic (exact) mass is 452 g/mol. The van der Waals surface area contributed by atoms with Gasteiger partial charge in [-0.2, -0.15) is 0 Å². The Bertz CT molecular complexity index is 837. The molecule has 0 aliphatic heterocycles. The van der Waals surface area contributed by atoms with Gasteiger partial charge in [-0.05, 0) is 30.7 Å². The van der Waals surface area contributed by atoms with E-state index in [1.807, 2.05) is 20.8 Å². The molecule has 156 valence electrons. The number of Topliss-reactive ketones (excluding diaryl/α,β-unsaturated/α-hetero) is 1. The minimum absolute atomic E-state index is 0.0236. The Morgan fingerprint density at radius 3 is 2.24 bits per heavy atom. The van der Waals surface area contributed by atoms with Gasteiger partial charge in [0, 0.05) is 23.7 Å². The van der Waals surface area contributed by atoms with Gasteiger partial charge >= 0.3 is 0 Å². The van der Waals surface area contributed by atoms with Gasteiger partial charge in [0.05, 0.1) is 11.5 Å². The highest BCUT2D eigenvalue weighted by molar-refractivity contribution is 8.03. The van der Waals surface area contributed by atoms with Crippen LogP contribution in [-0.4, -0.2) is 45.8 Å². The smallest absolute Gasteiger partial charge is 0.230 e. The number of amides is 2. The molecule has 0 saturated heterocycles. The molecule has 29 heavy (non-hydrogen) atoms. The summed E-state index contributed by atoms with van der Waals surface area (Å²) in [6.07, 6.45) is 0.902. The van der Waals surface area contributed by atoms with Crippen LogP contribution in [-0.2, 0) is 9.59 Å². The van der Waals surface area contributed by atoms with Gasteiger partial charge in [-0.25, -0.2) is 0 Å². The number of hydrogen-bond donors (Lipinski definition) is 2. The first-order chi connectivity index (χ1) is 13.9. The predicted molar refractivity (Wildman–Crippen MR) is 119 cm³/mol. The SMILES string of the molecule is CCCNC(=O)CSc1nnc(SCC(=O)c2ccc(NC(=O)C(C)C)cc2)s1. The van der Waals surface area contributed by atoms with Gasteiger partial charge in [0.25, 0.3) is 0 Å². The van der Waals surface area contributed by atoms with Crippen LogP contribution < -0.4 is 10.6 Å². The number of thioether (sulfide) groups is 2. The molecule has 2 amide bonds. The highest BCUT2D eigenvalue weighted by Crippen LogP contribution is 2.29. The van der Waals surface area contributed by atoms with Crippen LogP contribution in [0.1, 0.15) is 37.6 Å². The van der Waals surface area contributed by atoms with Crippen LogP contribution in [0.25, 0.3) is 0 Å². The second-order valence-corrected chi connectivity index (χ2v) is 9.83. The van der Waals surface area contributed by atoms with Gasteiger partial charge in [-0.1, -0.05) is 55.6 Å². The molecule has 2 rings (SSSR count). The van der Waals surface area contributed by atoms with Gasteiger partial charge in [-0.15, -0.1) is 10.2 Å². The van der Waals surface area contributed by atoms with Crippen molar-refractivity contribution in [3.8, 4) is 0 Å².